The minimum atomic E-state index is 0.472. The summed E-state index contributed by atoms with van der Waals surface area (Å²) in [7, 11) is 0. The molecular weight excluding hydrogens is 324 g/mol. The van der Waals surface area contributed by atoms with Crippen LogP contribution in [-0.4, -0.2) is 26.0 Å². The maximum atomic E-state index is 5.89. The molecule has 3 aromatic rings. The number of nitrogen functional groups attached to an aromatic ring is 1. The highest BCUT2D eigenvalue weighted by Gasteiger charge is 2.19. The van der Waals surface area contributed by atoms with Crippen LogP contribution < -0.4 is 11.1 Å². The lowest BCUT2D eigenvalue weighted by molar-refractivity contribution is 0.463. The van der Waals surface area contributed by atoms with E-state index in [1.165, 1.54) is 44.1 Å². The van der Waals surface area contributed by atoms with E-state index in [1.807, 2.05) is 12.3 Å². The third kappa shape index (κ3) is 3.36. The number of hydrogen-bond donors (Lipinski definition) is 3. The number of nitrogens with zero attached hydrogens (tertiary/aromatic N) is 3. The largest absolute Gasteiger partial charge is 0.384 e. The molecule has 0 saturated heterocycles. The lowest BCUT2D eigenvalue weighted by atomic mass is 9.94. The smallest absolute Gasteiger partial charge is 0.139 e. The summed E-state index contributed by atoms with van der Waals surface area (Å²) >= 11 is 0. The van der Waals surface area contributed by atoms with E-state index in [4.69, 9.17) is 5.73 Å². The summed E-state index contributed by atoms with van der Waals surface area (Å²) in [6.07, 6.45) is 11.9. The van der Waals surface area contributed by atoms with Gasteiger partial charge in [-0.15, -0.1) is 0 Å². The topological polar surface area (TPSA) is 92.5 Å². The zero-order valence-electron chi connectivity index (χ0n) is 15.3. The van der Waals surface area contributed by atoms with E-state index in [0.717, 1.165) is 40.8 Å². The fourth-order valence-corrected chi connectivity index (χ4v) is 3.85. The summed E-state index contributed by atoms with van der Waals surface area (Å²) in [6.45, 7) is 2.19. The molecule has 0 aromatic carbocycles. The van der Waals surface area contributed by atoms with Gasteiger partial charge in [-0.25, -0.2) is 15.0 Å². The monoisotopic (exact) mass is 350 g/mol. The summed E-state index contributed by atoms with van der Waals surface area (Å²) in [6, 6.07) is 4.54. The molecule has 3 heterocycles. The second-order valence-corrected chi connectivity index (χ2v) is 7.16. The number of aromatic amines is 1. The zero-order valence-corrected chi connectivity index (χ0v) is 15.3. The van der Waals surface area contributed by atoms with Gasteiger partial charge in [0.1, 0.15) is 17.8 Å². The van der Waals surface area contributed by atoms with E-state index < -0.39 is 0 Å². The van der Waals surface area contributed by atoms with Crippen molar-refractivity contribution in [2.45, 2.75) is 57.9 Å². The molecule has 26 heavy (non-hydrogen) atoms. The van der Waals surface area contributed by atoms with Crippen LogP contribution in [0, 0.1) is 0 Å². The van der Waals surface area contributed by atoms with Crippen molar-refractivity contribution in [1.82, 2.24) is 19.9 Å². The molecule has 4 N–H and O–H groups in total. The molecule has 0 aliphatic heterocycles. The van der Waals surface area contributed by atoms with Crippen LogP contribution >= 0.6 is 0 Å². The van der Waals surface area contributed by atoms with Crippen LogP contribution in [0.2, 0.25) is 0 Å². The number of nitrogens with two attached hydrogens (primary N) is 1. The predicted octanol–water partition coefficient (Wildman–Crippen LogP) is 4.30. The maximum absolute atomic E-state index is 5.89. The van der Waals surface area contributed by atoms with Crippen LogP contribution in [0.4, 0.5) is 11.5 Å². The van der Waals surface area contributed by atoms with Gasteiger partial charge in [0.05, 0.1) is 11.4 Å². The first-order valence-corrected chi connectivity index (χ1v) is 9.59. The third-order valence-electron chi connectivity index (χ3n) is 5.15. The number of fused-ring (bicyclic) bond motifs is 1. The second kappa shape index (κ2) is 7.32. The summed E-state index contributed by atoms with van der Waals surface area (Å²) in [5.41, 5.74) is 10.9. The summed E-state index contributed by atoms with van der Waals surface area (Å²) in [4.78, 5) is 16.6. The van der Waals surface area contributed by atoms with E-state index in [9.17, 15) is 0 Å². The summed E-state index contributed by atoms with van der Waals surface area (Å²) in [5, 5.41) is 4.94. The van der Waals surface area contributed by atoms with E-state index in [0.29, 0.717) is 11.9 Å². The molecule has 4 rings (SSSR count). The average molecular weight is 350 g/mol. The van der Waals surface area contributed by atoms with Crippen molar-refractivity contribution in [1.29, 1.82) is 0 Å². The third-order valence-corrected chi connectivity index (χ3v) is 5.15. The molecule has 0 atom stereocenters. The molecule has 1 aliphatic rings. The molecule has 0 bridgehead atoms. The van der Waals surface area contributed by atoms with Crippen molar-refractivity contribution < 1.29 is 0 Å². The molecule has 136 valence electrons. The number of aryl methyl sites for hydroxylation is 1. The lowest BCUT2D eigenvalue weighted by Gasteiger charge is -2.25. The van der Waals surface area contributed by atoms with Crippen LogP contribution in [-0.2, 0) is 6.42 Å². The second-order valence-electron chi connectivity index (χ2n) is 7.16. The predicted molar refractivity (Wildman–Crippen MR) is 106 cm³/mol. The van der Waals surface area contributed by atoms with Crippen molar-refractivity contribution in [3.8, 4) is 11.3 Å². The van der Waals surface area contributed by atoms with E-state index in [-0.39, 0.29) is 0 Å². The fourth-order valence-electron chi connectivity index (χ4n) is 3.85. The standard InChI is InChI=1S/C20H26N6/c1-2-6-14-9-15-19(25-13-7-4-3-5-8-13)16(11-22-20(15)26-14)17-10-18(21)24-12-23-17/h9-13H,2-8H2,1H3,(H2,21,23,24)(H2,22,25,26). The van der Waals surface area contributed by atoms with Crippen molar-refractivity contribution in [3.63, 3.8) is 0 Å². The van der Waals surface area contributed by atoms with E-state index >= 15 is 0 Å². The van der Waals surface area contributed by atoms with Gasteiger partial charge >= 0.3 is 0 Å². The van der Waals surface area contributed by atoms with Crippen LogP contribution in [0.3, 0.4) is 0 Å². The molecule has 0 spiro atoms. The first kappa shape index (κ1) is 16.8. The first-order valence-electron chi connectivity index (χ1n) is 9.59. The molecule has 1 saturated carbocycles. The Morgan fingerprint density at radius 2 is 2.00 bits per heavy atom. The van der Waals surface area contributed by atoms with Gasteiger partial charge in [0.2, 0.25) is 0 Å². The fraction of sp³-hybridized carbons (Fsp3) is 0.450. The molecule has 3 aromatic heterocycles. The maximum Gasteiger partial charge on any atom is 0.139 e. The number of nitrogens with one attached hydrogen (secondary N) is 2. The molecule has 6 nitrogen and oxygen atoms in total. The Balaban J connectivity index is 1.82. The number of aromatic nitrogens is 4. The normalized spacial score (nSPS) is 15.4. The molecule has 0 amide bonds. The number of pyridine rings is 1. The molecule has 1 aliphatic carbocycles. The summed E-state index contributed by atoms with van der Waals surface area (Å²) in [5.74, 6) is 0.472. The Hall–Kier alpha value is -2.63. The Kier molecular flexibility index (Phi) is 4.73. The minimum absolute atomic E-state index is 0.472. The number of rotatable bonds is 5. The van der Waals surface area contributed by atoms with Gasteiger partial charge in [-0.05, 0) is 25.3 Å². The van der Waals surface area contributed by atoms with Crippen molar-refractivity contribution in [2.75, 3.05) is 11.1 Å². The van der Waals surface area contributed by atoms with Gasteiger partial charge in [0.15, 0.2) is 0 Å². The summed E-state index contributed by atoms with van der Waals surface area (Å²) < 4.78 is 0. The number of hydrogen-bond acceptors (Lipinski definition) is 5. The first-order chi connectivity index (χ1) is 12.7. The quantitative estimate of drug-likeness (QED) is 0.638. The highest BCUT2D eigenvalue weighted by atomic mass is 15.0. The molecule has 1 fully saturated rings. The van der Waals surface area contributed by atoms with Crippen LogP contribution in [0.25, 0.3) is 22.3 Å². The Morgan fingerprint density at radius 3 is 2.77 bits per heavy atom. The highest BCUT2D eigenvalue weighted by molar-refractivity contribution is 5.98. The SMILES string of the molecule is CCCc1cc2c(NC3CCCCC3)c(-c3cc(N)ncn3)cnc2[nH]1. The van der Waals surface area contributed by atoms with Gasteiger partial charge in [0, 0.05) is 34.9 Å². The van der Waals surface area contributed by atoms with E-state index in [2.05, 4.69) is 38.2 Å². The van der Waals surface area contributed by atoms with Gasteiger partial charge in [0.25, 0.3) is 0 Å². The van der Waals surface area contributed by atoms with Gasteiger partial charge in [-0.3, -0.25) is 0 Å². The molecular formula is C20H26N6. The molecule has 6 heteroatoms. The lowest BCUT2D eigenvalue weighted by Crippen LogP contribution is -2.22. The van der Waals surface area contributed by atoms with Crippen molar-refractivity contribution in [3.05, 3.63) is 30.4 Å². The minimum Gasteiger partial charge on any atom is -0.384 e. The highest BCUT2D eigenvalue weighted by Crippen LogP contribution is 2.35. The Labute approximate surface area is 153 Å². The van der Waals surface area contributed by atoms with Crippen LogP contribution in [0.1, 0.15) is 51.1 Å². The van der Waals surface area contributed by atoms with Gasteiger partial charge < -0.3 is 16.0 Å². The van der Waals surface area contributed by atoms with Crippen LogP contribution in [0.15, 0.2) is 24.7 Å². The van der Waals surface area contributed by atoms with Crippen LogP contribution in [0.5, 0.6) is 0 Å². The Bertz CT molecular complexity index is 894. The number of anilines is 2. The molecule has 0 radical (unpaired) electrons. The van der Waals surface area contributed by atoms with Gasteiger partial charge in [-0.2, -0.15) is 0 Å². The Morgan fingerprint density at radius 1 is 1.15 bits per heavy atom. The molecule has 0 unspecified atom stereocenters. The van der Waals surface area contributed by atoms with E-state index in [1.54, 1.807) is 0 Å². The zero-order chi connectivity index (χ0) is 17.9. The van der Waals surface area contributed by atoms with Crippen molar-refractivity contribution >= 4 is 22.5 Å². The van der Waals surface area contributed by atoms with Gasteiger partial charge in [-0.1, -0.05) is 32.6 Å². The average Bonchev–Trinajstić information content (AvgIpc) is 3.06. The van der Waals surface area contributed by atoms with Crippen molar-refractivity contribution in [2.24, 2.45) is 0 Å². The number of H-pyrrole nitrogens is 1.